The maximum absolute atomic E-state index is 12.0. The predicted octanol–water partition coefficient (Wildman–Crippen LogP) is 5.86. The van der Waals surface area contributed by atoms with Crippen molar-refractivity contribution >= 4 is 5.78 Å². The molecule has 2 nitrogen and oxygen atoms in total. The Morgan fingerprint density at radius 1 is 1.08 bits per heavy atom. The minimum absolute atomic E-state index is 0.0967. The number of rotatable bonds is 12. The summed E-state index contributed by atoms with van der Waals surface area (Å²) in [4.78, 5) is 12.0. The van der Waals surface area contributed by atoms with Crippen LogP contribution in [-0.4, -0.2) is 17.0 Å². The Morgan fingerprint density at radius 3 is 2.64 bits per heavy atom. The van der Waals surface area contributed by atoms with E-state index in [2.05, 4.69) is 44.2 Å². The fourth-order valence-electron chi connectivity index (χ4n) is 2.78. The minimum Gasteiger partial charge on any atom is -0.392 e. The maximum Gasteiger partial charge on any atom is 0.181 e. The van der Waals surface area contributed by atoms with Crippen molar-refractivity contribution in [1.82, 2.24) is 0 Å². The largest absolute Gasteiger partial charge is 0.392 e. The molecule has 0 radical (unpaired) electrons. The van der Waals surface area contributed by atoms with E-state index in [0.29, 0.717) is 12.8 Å². The molecule has 2 heteroatoms. The highest BCUT2D eigenvalue weighted by Crippen LogP contribution is 2.26. The van der Waals surface area contributed by atoms with E-state index in [1.807, 2.05) is 18.2 Å². The van der Waals surface area contributed by atoms with Crippen molar-refractivity contribution in [2.45, 2.75) is 71.3 Å². The lowest BCUT2D eigenvalue weighted by molar-refractivity contribution is -0.111. The van der Waals surface area contributed by atoms with Gasteiger partial charge in [-0.15, -0.1) is 0 Å². The van der Waals surface area contributed by atoms with Crippen molar-refractivity contribution in [2.75, 3.05) is 0 Å². The Balaban J connectivity index is 2.40. The lowest BCUT2D eigenvalue weighted by Crippen LogP contribution is -2.07. The molecule has 0 spiro atoms. The van der Waals surface area contributed by atoms with Crippen molar-refractivity contribution in [3.63, 3.8) is 0 Å². The van der Waals surface area contributed by atoms with E-state index >= 15 is 0 Å². The molecule has 1 aliphatic carbocycles. The standard InChI is InChI=1S/C23H34O2/c1-3-5-7-9-11-13-15-21(24)17-18-22-20(16-19-23(22)25)14-12-10-8-6-4-2/h5,7,10-13,16,18-21,24H,3-4,6,8-9,14-15,17H2,1-2H3/b7-5-,12-10-,13-11-,22-18+. The third-order valence-corrected chi connectivity index (χ3v) is 4.30. The van der Waals surface area contributed by atoms with E-state index < -0.39 is 6.10 Å². The van der Waals surface area contributed by atoms with Gasteiger partial charge in [0, 0.05) is 11.5 Å². The first-order valence-corrected chi connectivity index (χ1v) is 9.74. The van der Waals surface area contributed by atoms with E-state index in [9.17, 15) is 9.90 Å². The molecular weight excluding hydrogens is 308 g/mol. The van der Waals surface area contributed by atoms with Crippen molar-refractivity contribution in [3.05, 3.63) is 60.3 Å². The highest BCUT2D eigenvalue weighted by Gasteiger charge is 2.21. The molecule has 2 atom stereocenters. The van der Waals surface area contributed by atoms with Crippen molar-refractivity contribution < 1.29 is 9.90 Å². The molecule has 0 fully saturated rings. The van der Waals surface area contributed by atoms with Gasteiger partial charge in [0.25, 0.3) is 0 Å². The van der Waals surface area contributed by atoms with Crippen LogP contribution in [0, 0.1) is 5.92 Å². The van der Waals surface area contributed by atoms with Crippen LogP contribution >= 0.6 is 0 Å². The molecule has 1 N–H and O–H groups in total. The highest BCUT2D eigenvalue weighted by molar-refractivity contribution is 6.07. The van der Waals surface area contributed by atoms with Crippen LogP contribution in [0.3, 0.4) is 0 Å². The number of aliphatic hydroxyl groups excluding tert-OH is 1. The van der Waals surface area contributed by atoms with Gasteiger partial charge < -0.3 is 5.11 Å². The smallest absolute Gasteiger partial charge is 0.181 e. The summed E-state index contributed by atoms with van der Waals surface area (Å²) in [6.45, 7) is 4.31. The third kappa shape index (κ3) is 9.40. The van der Waals surface area contributed by atoms with Crippen LogP contribution in [0.2, 0.25) is 0 Å². The van der Waals surface area contributed by atoms with E-state index in [-0.39, 0.29) is 11.7 Å². The summed E-state index contributed by atoms with van der Waals surface area (Å²) >= 11 is 0. The molecule has 2 unspecified atom stereocenters. The van der Waals surface area contributed by atoms with E-state index in [1.165, 1.54) is 12.8 Å². The van der Waals surface area contributed by atoms with Crippen molar-refractivity contribution in [3.8, 4) is 0 Å². The van der Waals surface area contributed by atoms with Gasteiger partial charge in [-0.1, -0.05) is 75.3 Å². The molecule has 0 bridgehead atoms. The number of hydrogen-bond acceptors (Lipinski definition) is 2. The molecular formula is C23H34O2. The second-order valence-corrected chi connectivity index (χ2v) is 6.55. The van der Waals surface area contributed by atoms with Gasteiger partial charge in [0.05, 0.1) is 6.10 Å². The Bertz CT molecular complexity index is 520. The fraction of sp³-hybridized carbons (Fsp3) is 0.522. The average molecular weight is 343 g/mol. The number of carbonyl (C=O) groups is 1. The lowest BCUT2D eigenvalue weighted by atomic mass is 9.96. The maximum atomic E-state index is 12.0. The monoisotopic (exact) mass is 342 g/mol. The normalized spacial score (nSPS) is 20.8. The van der Waals surface area contributed by atoms with Crippen molar-refractivity contribution in [1.29, 1.82) is 0 Å². The van der Waals surface area contributed by atoms with Gasteiger partial charge in [-0.2, -0.15) is 0 Å². The molecule has 0 aromatic rings. The molecule has 0 amide bonds. The van der Waals surface area contributed by atoms with Gasteiger partial charge in [-0.3, -0.25) is 4.79 Å². The van der Waals surface area contributed by atoms with Crippen LogP contribution < -0.4 is 0 Å². The summed E-state index contributed by atoms with van der Waals surface area (Å²) in [7, 11) is 0. The Kier molecular flexibility index (Phi) is 11.6. The van der Waals surface area contributed by atoms with Crippen LogP contribution in [0.15, 0.2) is 60.3 Å². The van der Waals surface area contributed by atoms with Crippen LogP contribution in [0.25, 0.3) is 0 Å². The molecule has 0 saturated heterocycles. The summed E-state index contributed by atoms with van der Waals surface area (Å²) in [5.41, 5.74) is 0.842. The predicted molar refractivity (Wildman–Crippen MR) is 107 cm³/mol. The number of hydrogen-bond donors (Lipinski definition) is 1. The van der Waals surface area contributed by atoms with Crippen LogP contribution in [0.1, 0.15) is 65.2 Å². The second kappa shape index (κ2) is 13.6. The first-order chi connectivity index (χ1) is 12.2. The molecule has 0 heterocycles. The molecule has 0 aliphatic heterocycles. The number of carbonyl (C=O) groups excluding carboxylic acids is 1. The quantitative estimate of drug-likeness (QED) is 0.274. The zero-order valence-corrected chi connectivity index (χ0v) is 15.9. The topological polar surface area (TPSA) is 37.3 Å². The summed E-state index contributed by atoms with van der Waals surface area (Å²) in [6, 6.07) is 0. The average Bonchev–Trinajstić information content (AvgIpc) is 2.96. The van der Waals surface area contributed by atoms with Gasteiger partial charge in [0.1, 0.15) is 0 Å². The number of unbranched alkanes of at least 4 members (excludes halogenated alkanes) is 2. The van der Waals surface area contributed by atoms with E-state index in [4.69, 9.17) is 0 Å². The lowest BCUT2D eigenvalue weighted by Gasteiger charge is -2.10. The van der Waals surface area contributed by atoms with Crippen LogP contribution in [0.5, 0.6) is 0 Å². The number of ketones is 1. The Hall–Kier alpha value is -1.67. The van der Waals surface area contributed by atoms with Gasteiger partial charge in [0.2, 0.25) is 0 Å². The summed E-state index contributed by atoms with van der Waals surface area (Å²) < 4.78 is 0. The minimum atomic E-state index is -0.423. The third-order valence-electron chi connectivity index (χ3n) is 4.30. The molecule has 1 rings (SSSR count). The number of allylic oxidation sites excluding steroid dienone is 8. The molecule has 0 aromatic heterocycles. The van der Waals surface area contributed by atoms with Gasteiger partial charge >= 0.3 is 0 Å². The first kappa shape index (κ1) is 21.4. The SMILES string of the molecule is CC/C=C\C/C=C\CC(O)C/C=C1/C(=O)C=CC1C/C=C\CCCC. The summed E-state index contributed by atoms with van der Waals surface area (Å²) in [5.74, 6) is 0.270. The summed E-state index contributed by atoms with van der Waals surface area (Å²) in [6.07, 6.45) is 25.5. The van der Waals surface area contributed by atoms with Gasteiger partial charge in [-0.05, 0) is 44.6 Å². The molecule has 0 aromatic carbocycles. The van der Waals surface area contributed by atoms with Gasteiger partial charge in [-0.25, -0.2) is 0 Å². The van der Waals surface area contributed by atoms with Crippen molar-refractivity contribution in [2.24, 2.45) is 5.92 Å². The van der Waals surface area contributed by atoms with E-state index in [1.54, 1.807) is 6.08 Å². The van der Waals surface area contributed by atoms with Crippen LogP contribution in [0.4, 0.5) is 0 Å². The first-order valence-electron chi connectivity index (χ1n) is 9.74. The molecule has 1 aliphatic rings. The molecule has 0 saturated carbocycles. The number of aliphatic hydroxyl groups is 1. The Labute approximate surface area is 153 Å². The van der Waals surface area contributed by atoms with Gasteiger partial charge in [0.15, 0.2) is 5.78 Å². The zero-order chi connectivity index (χ0) is 18.3. The zero-order valence-electron chi connectivity index (χ0n) is 15.9. The van der Waals surface area contributed by atoms with Crippen LogP contribution in [-0.2, 0) is 4.79 Å². The Morgan fingerprint density at radius 2 is 1.88 bits per heavy atom. The molecule has 25 heavy (non-hydrogen) atoms. The molecule has 138 valence electrons. The highest BCUT2D eigenvalue weighted by atomic mass is 16.3. The fourth-order valence-corrected chi connectivity index (χ4v) is 2.78. The summed E-state index contributed by atoms with van der Waals surface area (Å²) in [5, 5.41) is 10.1. The second-order valence-electron chi connectivity index (χ2n) is 6.55. The van der Waals surface area contributed by atoms with E-state index in [0.717, 1.165) is 31.3 Å².